The largest absolute Gasteiger partial charge is 0.361 e. The summed E-state index contributed by atoms with van der Waals surface area (Å²) in [5, 5.41) is 6.67. The highest BCUT2D eigenvalue weighted by atomic mass is 35.5. The molecular formula is C14H18ClN3O2. The first-order valence-electron chi connectivity index (χ1n) is 6.10. The van der Waals surface area contributed by atoms with Crippen molar-refractivity contribution in [2.75, 3.05) is 5.32 Å². The number of hydrogen-bond acceptors (Lipinski definition) is 4. The van der Waals surface area contributed by atoms with E-state index in [9.17, 15) is 4.79 Å². The SMILES string of the molecule is Cc1noc(C)c1CC(=O)Nc1ccc(CN)cc1.Cl. The first-order chi connectivity index (χ1) is 9.10. The van der Waals surface area contributed by atoms with E-state index in [1.165, 1.54) is 0 Å². The van der Waals surface area contributed by atoms with Crippen LogP contribution in [0.2, 0.25) is 0 Å². The van der Waals surface area contributed by atoms with Gasteiger partial charge in [-0.05, 0) is 31.5 Å². The third kappa shape index (κ3) is 3.82. The summed E-state index contributed by atoms with van der Waals surface area (Å²) in [4.78, 5) is 11.9. The minimum absolute atomic E-state index is 0. The minimum Gasteiger partial charge on any atom is -0.361 e. The van der Waals surface area contributed by atoms with Gasteiger partial charge < -0.3 is 15.6 Å². The van der Waals surface area contributed by atoms with Gasteiger partial charge in [-0.25, -0.2) is 0 Å². The van der Waals surface area contributed by atoms with E-state index in [2.05, 4.69) is 10.5 Å². The Bertz CT molecular complexity index is 559. The molecule has 0 spiro atoms. The lowest BCUT2D eigenvalue weighted by molar-refractivity contribution is -0.115. The number of carbonyl (C=O) groups excluding carboxylic acids is 1. The van der Waals surface area contributed by atoms with Gasteiger partial charge in [0.1, 0.15) is 5.76 Å². The van der Waals surface area contributed by atoms with Crippen LogP contribution in [0.3, 0.4) is 0 Å². The van der Waals surface area contributed by atoms with E-state index in [4.69, 9.17) is 10.3 Å². The Balaban J connectivity index is 0.00000200. The maximum Gasteiger partial charge on any atom is 0.228 e. The van der Waals surface area contributed by atoms with E-state index in [1.807, 2.05) is 31.2 Å². The normalized spacial score (nSPS) is 9.95. The van der Waals surface area contributed by atoms with Crippen LogP contribution in [-0.2, 0) is 17.8 Å². The summed E-state index contributed by atoms with van der Waals surface area (Å²) in [5.41, 5.74) is 8.91. The Morgan fingerprint density at radius 1 is 1.30 bits per heavy atom. The third-order valence-corrected chi connectivity index (χ3v) is 2.99. The molecule has 0 saturated carbocycles. The number of nitrogens with zero attached hydrogens (tertiary/aromatic N) is 1. The smallest absolute Gasteiger partial charge is 0.228 e. The summed E-state index contributed by atoms with van der Waals surface area (Å²) >= 11 is 0. The Kier molecular flexibility index (Phi) is 5.73. The summed E-state index contributed by atoms with van der Waals surface area (Å²) in [6.45, 7) is 4.13. The Morgan fingerprint density at radius 2 is 1.95 bits per heavy atom. The summed E-state index contributed by atoms with van der Waals surface area (Å²) in [6.07, 6.45) is 0.264. The first-order valence-corrected chi connectivity index (χ1v) is 6.10. The number of hydrogen-bond donors (Lipinski definition) is 2. The van der Waals surface area contributed by atoms with Crippen molar-refractivity contribution in [1.29, 1.82) is 0 Å². The standard InChI is InChI=1S/C14H17N3O2.ClH/c1-9-13(10(2)19-17-9)7-14(18)16-12-5-3-11(8-15)4-6-12;/h3-6H,7-8,15H2,1-2H3,(H,16,18);1H. The molecule has 2 aromatic rings. The molecule has 1 heterocycles. The van der Waals surface area contributed by atoms with Gasteiger partial charge in [0.15, 0.2) is 0 Å². The van der Waals surface area contributed by atoms with Gasteiger partial charge in [0.05, 0.1) is 12.1 Å². The molecule has 1 amide bonds. The quantitative estimate of drug-likeness (QED) is 0.907. The van der Waals surface area contributed by atoms with E-state index in [-0.39, 0.29) is 24.7 Å². The lowest BCUT2D eigenvalue weighted by Gasteiger charge is -2.05. The number of aromatic nitrogens is 1. The fourth-order valence-corrected chi connectivity index (χ4v) is 1.84. The number of amides is 1. The minimum atomic E-state index is -0.0881. The van der Waals surface area contributed by atoms with Crippen LogP contribution in [0.1, 0.15) is 22.6 Å². The zero-order valence-electron chi connectivity index (χ0n) is 11.5. The number of nitrogens with two attached hydrogens (primary N) is 1. The van der Waals surface area contributed by atoms with E-state index >= 15 is 0 Å². The molecule has 5 nitrogen and oxygen atoms in total. The molecule has 0 atom stereocenters. The average molecular weight is 296 g/mol. The second-order valence-electron chi connectivity index (χ2n) is 4.43. The summed E-state index contributed by atoms with van der Waals surface area (Å²) < 4.78 is 5.03. The van der Waals surface area contributed by atoms with Crippen molar-refractivity contribution in [1.82, 2.24) is 5.16 Å². The molecule has 0 aliphatic rings. The molecule has 20 heavy (non-hydrogen) atoms. The average Bonchev–Trinajstić information content (AvgIpc) is 2.71. The van der Waals surface area contributed by atoms with Crippen molar-refractivity contribution in [3.05, 3.63) is 46.8 Å². The fraction of sp³-hybridized carbons (Fsp3) is 0.286. The van der Waals surface area contributed by atoms with Gasteiger partial charge in [0.2, 0.25) is 5.91 Å². The van der Waals surface area contributed by atoms with Crippen LogP contribution < -0.4 is 11.1 Å². The molecule has 0 aliphatic carbocycles. The van der Waals surface area contributed by atoms with Crippen molar-refractivity contribution in [3.63, 3.8) is 0 Å². The predicted molar refractivity (Wildman–Crippen MR) is 79.9 cm³/mol. The Labute approximate surface area is 123 Å². The van der Waals surface area contributed by atoms with E-state index in [0.29, 0.717) is 12.3 Å². The van der Waals surface area contributed by atoms with Crippen LogP contribution >= 0.6 is 12.4 Å². The van der Waals surface area contributed by atoms with Crippen LogP contribution in [0, 0.1) is 13.8 Å². The van der Waals surface area contributed by atoms with Crippen molar-refractivity contribution in [2.24, 2.45) is 5.73 Å². The summed E-state index contributed by atoms with van der Waals surface area (Å²) in [7, 11) is 0. The van der Waals surface area contributed by atoms with E-state index < -0.39 is 0 Å². The molecule has 1 aromatic carbocycles. The maximum atomic E-state index is 11.9. The molecule has 0 aliphatic heterocycles. The highest BCUT2D eigenvalue weighted by molar-refractivity contribution is 5.92. The molecule has 6 heteroatoms. The molecule has 1 aromatic heterocycles. The van der Waals surface area contributed by atoms with Gasteiger partial charge in [-0.1, -0.05) is 17.3 Å². The van der Waals surface area contributed by atoms with Gasteiger partial charge >= 0.3 is 0 Å². The van der Waals surface area contributed by atoms with Crippen molar-refractivity contribution < 1.29 is 9.32 Å². The molecule has 0 radical (unpaired) electrons. The van der Waals surface area contributed by atoms with Gasteiger partial charge in [-0.15, -0.1) is 12.4 Å². The van der Waals surface area contributed by atoms with E-state index in [0.717, 1.165) is 22.5 Å². The van der Waals surface area contributed by atoms with Crippen LogP contribution in [-0.4, -0.2) is 11.1 Å². The third-order valence-electron chi connectivity index (χ3n) is 2.99. The molecule has 0 fully saturated rings. The first kappa shape index (κ1) is 16.2. The van der Waals surface area contributed by atoms with Crippen LogP contribution in [0.4, 0.5) is 5.69 Å². The summed E-state index contributed by atoms with van der Waals surface area (Å²) in [5.74, 6) is 0.598. The molecule has 108 valence electrons. The number of rotatable bonds is 4. The number of nitrogens with one attached hydrogen (secondary N) is 1. The lowest BCUT2D eigenvalue weighted by Crippen LogP contribution is -2.15. The van der Waals surface area contributed by atoms with Crippen LogP contribution in [0.25, 0.3) is 0 Å². The number of benzene rings is 1. The second kappa shape index (κ2) is 7.07. The molecule has 0 bridgehead atoms. The van der Waals surface area contributed by atoms with Crippen LogP contribution in [0.15, 0.2) is 28.8 Å². The molecular weight excluding hydrogens is 278 g/mol. The number of halogens is 1. The second-order valence-corrected chi connectivity index (χ2v) is 4.43. The topological polar surface area (TPSA) is 81.2 Å². The van der Waals surface area contributed by atoms with E-state index in [1.54, 1.807) is 6.92 Å². The molecule has 0 saturated heterocycles. The Hall–Kier alpha value is -1.85. The van der Waals surface area contributed by atoms with Crippen molar-refractivity contribution in [2.45, 2.75) is 26.8 Å². The highest BCUT2D eigenvalue weighted by Gasteiger charge is 2.13. The number of aryl methyl sites for hydroxylation is 2. The maximum absolute atomic E-state index is 11.9. The summed E-state index contributed by atoms with van der Waals surface area (Å²) in [6, 6.07) is 7.47. The molecule has 2 rings (SSSR count). The van der Waals surface area contributed by atoms with Gasteiger partial charge in [-0.3, -0.25) is 4.79 Å². The van der Waals surface area contributed by atoms with Gasteiger partial charge in [-0.2, -0.15) is 0 Å². The van der Waals surface area contributed by atoms with Gasteiger partial charge in [0, 0.05) is 17.8 Å². The van der Waals surface area contributed by atoms with Crippen molar-refractivity contribution >= 4 is 24.0 Å². The number of carbonyl (C=O) groups is 1. The zero-order chi connectivity index (χ0) is 13.8. The monoisotopic (exact) mass is 295 g/mol. The van der Waals surface area contributed by atoms with Crippen molar-refractivity contribution in [3.8, 4) is 0 Å². The zero-order valence-corrected chi connectivity index (χ0v) is 12.3. The van der Waals surface area contributed by atoms with Gasteiger partial charge in [0.25, 0.3) is 0 Å². The predicted octanol–water partition coefficient (Wildman–Crippen LogP) is 2.35. The Morgan fingerprint density at radius 3 is 2.45 bits per heavy atom. The fourth-order valence-electron chi connectivity index (χ4n) is 1.84. The highest BCUT2D eigenvalue weighted by Crippen LogP contribution is 2.14. The number of anilines is 1. The lowest BCUT2D eigenvalue weighted by atomic mass is 10.1. The molecule has 3 N–H and O–H groups in total. The molecule has 0 unspecified atom stereocenters. The van der Waals surface area contributed by atoms with Crippen LogP contribution in [0.5, 0.6) is 0 Å².